The summed E-state index contributed by atoms with van der Waals surface area (Å²) in [5.41, 5.74) is 0. The first-order chi connectivity index (χ1) is 7.20. The molecule has 0 bridgehead atoms. The molecule has 1 aliphatic rings. The number of aromatic nitrogens is 3. The van der Waals surface area contributed by atoms with Gasteiger partial charge in [0, 0.05) is 0 Å². The van der Waals surface area contributed by atoms with Crippen molar-refractivity contribution in [1.29, 1.82) is 0 Å². The molecule has 0 spiro atoms. The Morgan fingerprint density at radius 2 is 2.60 bits per heavy atom. The summed E-state index contributed by atoms with van der Waals surface area (Å²) < 4.78 is 6.06. The van der Waals surface area contributed by atoms with Crippen LogP contribution >= 0.6 is 0 Å². The fraction of sp³-hybridized carbons (Fsp3) is 0.500. The quantitative estimate of drug-likeness (QED) is 0.659. The van der Waals surface area contributed by atoms with Crippen LogP contribution in [-0.4, -0.2) is 33.8 Å². The van der Waals surface area contributed by atoms with Crippen molar-refractivity contribution in [1.82, 2.24) is 14.8 Å². The van der Waals surface area contributed by atoms with E-state index in [1.54, 1.807) is 4.68 Å². The Morgan fingerprint density at radius 3 is 3.33 bits per heavy atom. The zero-order chi connectivity index (χ0) is 10.8. The lowest BCUT2D eigenvalue weighted by Crippen LogP contribution is -2.35. The van der Waals surface area contributed by atoms with Crippen LogP contribution in [0.2, 0.25) is 0 Å². The van der Waals surface area contributed by atoms with Gasteiger partial charge >= 0.3 is 5.97 Å². The molecule has 0 aromatic carbocycles. The molecular weight excluding hydrogens is 200 g/mol. The Balaban J connectivity index is 2.10. The van der Waals surface area contributed by atoms with Gasteiger partial charge in [-0.25, -0.2) is 4.68 Å². The van der Waals surface area contributed by atoms with Crippen LogP contribution in [0.15, 0.2) is 6.33 Å². The van der Waals surface area contributed by atoms with E-state index in [2.05, 4.69) is 20.1 Å². The van der Waals surface area contributed by atoms with Crippen molar-refractivity contribution >= 4 is 17.8 Å². The average molecular weight is 210 g/mol. The molecule has 1 amide bonds. The average Bonchev–Trinajstić information content (AvgIpc) is 2.65. The van der Waals surface area contributed by atoms with Crippen LogP contribution in [0.4, 0.5) is 5.95 Å². The normalized spacial score (nSPS) is 19.3. The van der Waals surface area contributed by atoms with Gasteiger partial charge in [-0.1, -0.05) is 0 Å². The lowest BCUT2D eigenvalue weighted by molar-refractivity contribution is -0.143. The molecule has 2 heterocycles. The van der Waals surface area contributed by atoms with Crippen LogP contribution in [0.5, 0.6) is 0 Å². The fourth-order valence-corrected chi connectivity index (χ4v) is 1.44. The van der Waals surface area contributed by atoms with Crippen molar-refractivity contribution in [3.8, 4) is 0 Å². The predicted molar refractivity (Wildman–Crippen MR) is 48.8 cm³/mol. The number of esters is 1. The van der Waals surface area contributed by atoms with Crippen molar-refractivity contribution in [2.24, 2.45) is 5.92 Å². The van der Waals surface area contributed by atoms with Gasteiger partial charge in [-0.3, -0.25) is 14.9 Å². The molecule has 0 unspecified atom stereocenters. The third-order valence-corrected chi connectivity index (χ3v) is 2.26. The van der Waals surface area contributed by atoms with E-state index in [1.807, 2.05) is 0 Å². The molecule has 7 heteroatoms. The fourth-order valence-electron chi connectivity index (χ4n) is 1.44. The van der Waals surface area contributed by atoms with Crippen LogP contribution in [0.1, 0.15) is 6.42 Å². The van der Waals surface area contributed by atoms with Gasteiger partial charge in [-0.15, -0.1) is 0 Å². The lowest BCUT2D eigenvalue weighted by Gasteiger charge is -2.20. The van der Waals surface area contributed by atoms with Crippen molar-refractivity contribution in [3.05, 3.63) is 6.33 Å². The SMILES string of the molecule is COC(=O)C[C@@H]1Cn2ncnc2NC1=O. The molecule has 2 rings (SSSR count). The summed E-state index contributed by atoms with van der Waals surface area (Å²) in [5, 5.41) is 6.48. The van der Waals surface area contributed by atoms with E-state index < -0.39 is 11.9 Å². The van der Waals surface area contributed by atoms with E-state index >= 15 is 0 Å². The monoisotopic (exact) mass is 210 g/mol. The van der Waals surface area contributed by atoms with Crippen molar-refractivity contribution in [2.45, 2.75) is 13.0 Å². The number of ether oxygens (including phenoxy) is 1. The molecule has 1 aliphatic heterocycles. The molecular formula is C8H10N4O3. The maximum Gasteiger partial charge on any atom is 0.306 e. The van der Waals surface area contributed by atoms with Crippen molar-refractivity contribution < 1.29 is 14.3 Å². The molecule has 1 aromatic heterocycles. The molecule has 80 valence electrons. The molecule has 0 saturated heterocycles. The van der Waals surface area contributed by atoms with Crippen LogP contribution < -0.4 is 5.32 Å². The zero-order valence-electron chi connectivity index (χ0n) is 8.14. The first-order valence-corrected chi connectivity index (χ1v) is 4.46. The van der Waals surface area contributed by atoms with Crippen LogP contribution in [0.25, 0.3) is 0 Å². The number of nitrogens with one attached hydrogen (secondary N) is 1. The van der Waals surface area contributed by atoms with Crippen molar-refractivity contribution in [2.75, 3.05) is 12.4 Å². The first kappa shape index (κ1) is 9.63. The summed E-state index contributed by atoms with van der Waals surface area (Å²) in [6, 6.07) is 0. The maximum absolute atomic E-state index is 11.5. The summed E-state index contributed by atoms with van der Waals surface area (Å²) in [4.78, 5) is 26.4. The number of carbonyl (C=O) groups is 2. The number of methoxy groups -OCH3 is 1. The minimum Gasteiger partial charge on any atom is -0.469 e. The molecule has 1 atom stereocenters. The third kappa shape index (κ3) is 1.80. The Bertz CT molecular complexity index is 400. The molecule has 7 nitrogen and oxygen atoms in total. The molecule has 15 heavy (non-hydrogen) atoms. The summed E-state index contributed by atoms with van der Waals surface area (Å²) in [6.07, 6.45) is 1.41. The highest BCUT2D eigenvalue weighted by molar-refractivity contribution is 5.94. The minimum atomic E-state index is -0.438. The van der Waals surface area contributed by atoms with Gasteiger partial charge in [-0.05, 0) is 0 Å². The van der Waals surface area contributed by atoms with Crippen LogP contribution in [0, 0.1) is 5.92 Å². The second kappa shape index (κ2) is 3.68. The summed E-state index contributed by atoms with van der Waals surface area (Å²) in [5.74, 6) is -0.646. The molecule has 0 saturated carbocycles. The van der Waals surface area contributed by atoms with Gasteiger partial charge in [0.05, 0.1) is 26.0 Å². The first-order valence-electron chi connectivity index (χ1n) is 4.46. The maximum atomic E-state index is 11.5. The van der Waals surface area contributed by atoms with Crippen LogP contribution in [-0.2, 0) is 20.9 Å². The number of hydrogen-bond acceptors (Lipinski definition) is 5. The summed E-state index contributed by atoms with van der Waals surface area (Å²) in [6.45, 7) is 0.357. The van der Waals surface area contributed by atoms with Gasteiger partial charge in [-0.2, -0.15) is 10.1 Å². The number of carbonyl (C=O) groups excluding carboxylic acids is 2. The van der Waals surface area contributed by atoms with Gasteiger partial charge in [0.1, 0.15) is 6.33 Å². The Hall–Kier alpha value is -1.92. The van der Waals surface area contributed by atoms with Gasteiger partial charge in [0.25, 0.3) is 0 Å². The highest BCUT2D eigenvalue weighted by Gasteiger charge is 2.29. The highest BCUT2D eigenvalue weighted by Crippen LogP contribution is 2.17. The van der Waals surface area contributed by atoms with Gasteiger partial charge in [0.2, 0.25) is 11.9 Å². The molecule has 0 fully saturated rings. The van der Waals surface area contributed by atoms with E-state index in [-0.39, 0.29) is 12.3 Å². The molecule has 1 N–H and O–H groups in total. The van der Waals surface area contributed by atoms with E-state index in [9.17, 15) is 9.59 Å². The zero-order valence-corrected chi connectivity index (χ0v) is 8.14. The second-order valence-corrected chi connectivity index (χ2v) is 3.23. The van der Waals surface area contributed by atoms with Crippen molar-refractivity contribution in [3.63, 3.8) is 0 Å². The third-order valence-electron chi connectivity index (χ3n) is 2.26. The predicted octanol–water partition coefficient (Wildman–Crippen LogP) is -0.591. The second-order valence-electron chi connectivity index (χ2n) is 3.23. The Labute approximate surface area is 85.4 Å². The van der Waals surface area contributed by atoms with E-state index in [0.717, 1.165) is 0 Å². The summed E-state index contributed by atoms with van der Waals surface area (Å²) >= 11 is 0. The number of anilines is 1. The highest BCUT2D eigenvalue weighted by atomic mass is 16.5. The minimum absolute atomic E-state index is 0.0572. The molecule has 1 aromatic rings. The summed E-state index contributed by atoms with van der Waals surface area (Å²) in [7, 11) is 1.30. The van der Waals surface area contributed by atoms with Crippen LogP contribution in [0.3, 0.4) is 0 Å². The van der Waals surface area contributed by atoms with Gasteiger partial charge < -0.3 is 4.74 Å². The number of fused-ring (bicyclic) bond motifs is 1. The van der Waals surface area contributed by atoms with E-state index in [4.69, 9.17) is 0 Å². The van der Waals surface area contributed by atoms with Gasteiger partial charge in [0.15, 0.2) is 0 Å². The molecule has 0 radical (unpaired) electrons. The number of rotatable bonds is 2. The largest absolute Gasteiger partial charge is 0.469 e. The Morgan fingerprint density at radius 1 is 1.80 bits per heavy atom. The topological polar surface area (TPSA) is 86.1 Å². The van der Waals surface area contributed by atoms with E-state index in [1.165, 1.54) is 13.4 Å². The Kier molecular flexibility index (Phi) is 2.36. The number of amides is 1. The molecule has 0 aliphatic carbocycles. The number of nitrogens with zero attached hydrogens (tertiary/aromatic N) is 3. The standard InChI is InChI=1S/C8H10N4O3/c1-15-6(13)2-5-3-12-8(9-4-10-12)11-7(5)14/h4-5H,2-3H2,1H3,(H,9,10,11,14)/t5-/m1/s1. The smallest absolute Gasteiger partial charge is 0.306 e. The lowest BCUT2D eigenvalue weighted by atomic mass is 10.0. The number of hydrogen-bond donors (Lipinski definition) is 1. The van der Waals surface area contributed by atoms with E-state index in [0.29, 0.717) is 12.5 Å².